The van der Waals surface area contributed by atoms with Crippen molar-refractivity contribution in [1.82, 2.24) is 0 Å². The normalized spacial score (nSPS) is 10.3. The Morgan fingerprint density at radius 2 is 1.92 bits per heavy atom. The number of carbonyl (C=O) groups excluding carboxylic acids is 1. The van der Waals surface area contributed by atoms with Gasteiger partial charge in [-0.25, -0.2) is 4.79 Å². The standard InChI is InChI=1S/C18H20N2O5/c1-2-24-10-11-25-18(21)15-8-9-16(17(12-15)20(22)23)19-13-14-6-4-3-5-7-14/h3-9,12,19H,2,10-11,13H2,1H3. The number of esters is 1. The van der Waals surface area contributed by atoms with Crippen molar-refractivity contribution in [3.63, 3.8) is 0 Å². The topological polar surface area (TPSA) is 90.7 Å². The Balaban J connectivity index is 2.06. The lowest BCUT2D eigenvalue weighted by molar-refractivity contribution is -0.384. The van der Waals surface area contributed by atoms with Crippen LogP contribution in [0.25, 0.3) is 0 Å². The van der Waals surface area contributed by atoms with Gasteiger partial charge in [0.1, 0.15) is 12.3 Å². The number of hydrogen-bond donors (Lipinski definition) is 1. The lowest BCUT2D eigenvalue weighted by atomic mass is 10.1. The average Bonchev–Trinajstić information content (AvgIpc) is 2.64. The van der Waals surface area contributed by atoms with Crippen molar-refractivity contribution in [1.29, 1.82) is 0 Å². The average molecular weight is 344 g/mol. The predicted octanol–water partition coefficient (Wildman–Crippen LogP) is 3.40. The van der Waals surface area contributed by atoms with Crippen LogP contribution in [-0.2, 0) is 16.0 Å². The monoisotopic (exact) mass is 344 g/mol. The second kappa shape index (κ2) is 9.39. The molecule has 0 aromatic heterocycles. The number of hydrogen-bond acceptors (Lipinski definition) is 6. The van der Waals surface area contributed by atoms with Gasteiger partial charge in [-0.2, -0.15) is 0 Å². The molecule has 0 saturated carbocycles. The van der Waals surface area contributed by atoms with E-state index in [4.69, 9.17) is 9.47 Å². The molecule has 2 aromatic carbocycles. The zero-order valence-corrected chi connectivity index (χ0v) is 13.9. The van der Waals surface area contributed by atoms with Crippen LogP contribution < -0.4 is 5.32 Å². The van der Waals surface area contributed by atoms with E-state index < -0.39 is 10.9 Å². The van der Waals surface area contributed by atoms with Crippen LogP contribution in [0.3, 0.4) is 0 Å². The van der Waals surface area contributed by atoms with Crippen LogP contribution in [0.5, 0.6) is 0 Å². The summed E-state index contributed by atoms with van der Waals surface area (Å²) in [6.07, 6.45) is 0. The zero-order chi connectivity index (χ0) is 18.1. The second-order valence-corrected chi connectivity index (χ2v) is 5.16. The summed E-state index contributed by atoms with van der Waals surface area (Å²) in [4.78, 5) is 22.7. The molecule has 25 heavy (non-hydrogen) atoms. The van der Waals surface area contributed by atoms with E-state index in [2.05, 4.69) is 5.32 Å². The van der Waals surface area contributed by atoms with Gasteiger partial charge in [-0.05, 0) is 24.6 Å². The van der Waals surface area contributed by atoms with E-state index in [1.807, 2.05) is 37.3 Å². The number of rotatable bonds is 9. The van der Waals surface area contributed by atoms with E-state index in [0.717, 1.165) is 5.56 Å². The third-order valence-corrected chi connectivity index (χ3v) is 3.42. The first-order valence-electron chi connectivity index (χ1n) is 7.93. The maximum absolute atomic E-state index is 12.0. The minimum absolute atomic E-state index is 0.106. The smallest absolute Gasteiger partial charge is 0.338 e. The molecule has 7 nitrogen and oxygen atoms in total. The highest BCUT2D eigenvalue weighted by atomic mass is 16.6. The molecule has 7 heteroatoms. The molecule has 0 bridgehead atoms. The summed E-state index contributed by atoms with van der Waals surface area (Å²) in [5, 5.41) is 14.3. The van der Waals surface area contributed by atoms with Crippen LogP contribution in [0.1, 0.15) is 22.8 Å². The Morgan fingerprint density at radius 3 is 2.60 bits per heavy atom. The number of nitrogens with zero attached hydrogens (tertiary/aromatic N) is 1. The molecule has 0 aliphatic rings. The van der Waals surface area contributed by atoms with E-state index in [-0.39, 0.29) is 17.9 Å². The summed E-state index contributed by atoms with van der Waals surface area (Å²) in [6.45, 7) is 3.21. The van der Waals surface area contributed by atoms with Gasteiger partial charge in [0.05, 0.1) is 17.1 Å². The van der Waals surface area contributed by atoms with E-state index in [0.29, 0.717) is 25.4 Å². The van der Waals surface area contributed by atoms with Gasteiger partial charge in [0, 0.05) is 19.2 Å². The van der Waals surface area contributed by atoms with Gasteiger partial charge < -0.3 is 14.8 Å². The van der Waals surface area contributed by atoms with Gasteiger partial charge in [-0.15, -0.1) is 0 Å². The second-order valence-electron chi connectivity index (χ2n) is 5.16. The Morgan fingerprint density at radius 1 is 1.16 bits per heavy atom. The Hall–Kier alpha value is -2.93. The number of benzene rings is 2. The molecule has 0 amide bonds. The highest BCUT2D eigenvalue weighted by Crippen LogP contribution is 2.26. The largest absolute Gasteiger partial charge is 0.460 e. The lowest BCUT2D eigenvalue weighted by Crippen LogP contribution is -2.11. The first-order valence-corrected chi connectivity index (χ1v) is 7.93. The lowest BCUT2D eigenvalue weighted by Gasteiger charge is -2.09. The molecule has 1 N–H and O–H groups in total. The van der Waals surface area contributed by atoms with Crippen LogP contribution in [0.2, 0.25) is 0 Å². The van der Waals surface area contributed by atoms with Gasteiger partial charge in [-0.1, -0.05) is 30.3 Å². The third-order valence-electron chi connectivity index (χ3n) is 3.42. The van der Waals surface area contributed by atoms with E-state index in [1.54, 1.807) is 0 Å². The van der Waals surface area contributed by atoms with Crippen molar-refractivity contribution < 1.29 is 19.2 Å². The van der Waals surface area contributed by atoms with Crippen LogP contribution >= 0.6 is 0 Å². The molecule has 0 heterocycles. The van der Waals surface area contributed by atoms with Crippen LogP contribution in [0.15, 0.2) is 48.5 Å². The molecule has 0 atom stereocenters. The summed E-state index contributed by atoms with van der Waals surface area (Å²) in [6, 6.07) is 13.8. The molecule has 2 aromatic rings. The number of carbonyl (C=O) groups is 1. The van der Waals surface area contributed by atoms with Gasteiger partial charge in [0.25, 0.3) is 5.69 Å². The fraction of sp³-hybridized carbons (Fsp3) is 0.278. The number of nitrogens with one attached hydrogen (secondary N) is 1. The minimum Gasteiger partial charge on any atom is -0.460 e. The quantitative estimate of drug-likeness (QED) is 0.324. The van der Waals surface area contributed by atoms with Crippen LogP contribution in [-0.4, -0.2) is 30.7 Å². The predicted molar refractivity (Wildman–Crippen MR) is 93.6 cm³/mol. The Labute approximate surface area is 145 Å². The number of nitro groups is 1. The fourth-order valence-corrected chi connectivity index (χ4v) is 2.17. The molecule has 2 rings (SSSR count). The molecule has 132 valence electrons. The summed E-state index contributed by atoms with van der Waals surface area (Å²) in [5.41, 5.74) is 1.31. The van der Waals surface area contributed by atoms with Crippen molar-refractivity contribution in [2.75, 3.05) is 25.1 Å². The van der Waals surface area contributed by atoms with Gasteiger partial charge in [0.2, 0.25) is 0 Å². The van der Waals surface area contributed by atoms with Gasteiger partial charge >= 0.3 is 5.97 Å². The van der Waals surface area contributed by atoms with Gasteiger partial charge in [0.15, 0.2) is 0 Å². The molecule has 0 spiro atoms. The van der Waals surface area contributed by atoms with Crippen LogP contribution in [0.4, 0.5) is 11.4 Å². The Bertz CT molecular complexity index is 719. The SMILES string of the molecule is CCOCCOC(=O)c1ccc(NCc2ccccc2)c([N+](=O)[O-])c1. The Kier molecular flexibility index (Phi) is 6.91. The van der Waals surface area contributed by atoms with E-state index in [1.165, 1.54) is 18.2 Å². The molecular formula is C18H20N2O5. The molecule has 0 aliphatic carbocycles. The summed E-state index contributed by atoms with van der Waals surface area (Å²) >= 11 is 0. The van der Waals surface area contributed by atoms with E-state index in [9.17, 15) is 14.9 Å². The number of anilines is 1. The van der Waals surface area contributed by atoms with Crippen molar-refractivity contribution in [2.24, 2.45) is 0 Å². The molecular weight excluding hydrogens is 324 g/mol. The molecule has 0 aliphatic heterocycles. The van der Waals surface area contributed by atoms with Gasteiger partial charge in [-0.3, -0.25) is 10.1 Å². The third kappa shape index (κ3) is 5.58. The molecule has 0 saturated heterocycles. The molecule has 0 unspecified atom stereocenters. The zero-order valence-electron chi connectivity index (χ0n) is 13.9. The van der Waals surface area contributed by atoms with Crippen molar-refractivity contribution in [3.05, 3.63) is 69.8 Å². The first-order chi connectivity index (χ1) is 12.1. The summed E-state index contributed by atoms with van der Waals surface area (Å²) < 4.78 is 10.1. The van der Waals surface area contributed by atoms with Crippen molar-refractivity contribution in [2.45, 2.75) is 13.5 Å². The minimum atomic E-state index is -0.614. The maximum Gasteiger partial charge on any atom is 0.338 e. The summed E-state index contributed by atoms with van der Waals surface area (Å²) in [5.74, 6) is -0.614. The summed E-state index contributed by atoms with van der Waals surface area (Å²) in [7, 11) is 0. The molecule has 0 fully saturated rings. The van der Waals surface area contributed by atoms with E-state index >= 15 is 0 Å². The maximum atomic E-state index is 12.0. The number of ether oxygens (including phenoxy) is 2. The van der Waals surface area contributed by atoms with Crippen LogP contribution in [0, 0.1) is 10.1 Å². The molecule has 0 radical (unpaired) electrons. The van der Waals surface area contributed by atoms with Crippen molar-refractivity contribution in [3.8, 4) is 0 Å². The first kappa shape index (κ1) is 18.4. The fourth-order valence-electron chi connectivity index (χ4n) is 2.17. The highest BCUT2D eigenvalue weighted by molar-refractivity contribution is 5.91. The highest BCUT2D eigenvalue weighted by Gasteiger charge is 2.18. The van der Waals surface area contributed by atoms with Crippen molar-refractivity contribution >= 4 is 17.3 Å². The number of nitro benzene ring substituents is 1.